The second-order valence-corrected chi connectivity index (χ2v) is 7.65. The fourth-order valence-electron chi connectivity index (χ4n) is 4.22. The van der Waals surface area contributed by atoms with Crippen molar-refractivity contribution < 1.29 is 14.3 Å². The van der Waals surface area contributed by atoms with Crippen molar-refractivity contribution in [1.82, 2.24) is 10.2 Å². The van der Waals surface area contributed by atoms with E-state index in [9.17, 15) is 9.59 Å². The minimum Gasteiger partial charge on any atom is -0.385 e. The molecule has 0 bridgehead atoms. The number of piperidine rings is 1. The van der Waals surface area contributed by atoms with Gasteiger partial charge in [-0.05, 0) is 44.2 Å². The number of likely N-dealkylation sites (tertiary alicyclic amines) is 1. The van der Waals surface area contributed by atoms with Gasteiger partial charge in [-0.1, -0.05) is 31.0 Å². The molecule has 1 heterocycles. The zero-order valence-corrected chi connectivity index (χ0v) is 15.7. The molecule has 1 aromatic carbocycles. The van der Waals surface area contributed by atoms with Gasteiger partial charge in [-0.25, -0.2) is 0 Å². The molecule has 2 amide bonds. The van der Waals surface area contributed by atoms with Crippen molar-refractivity contribution in [2.45, 2.75) is 50.5 Å². The van der Waals surface area contributed by atoms with E-state index < -0.39 is 0 Å². The lowest BCUT2D eigenvalue weighted by atomic mass is 9.83. The summed E-state index contributed by atoms with van der Waals surface area (Å²) in [6.45, 7) is 2.04. The van der Waals surface area contributed by atoms with Gasteiger partial charge >= 0.3 is 0 Å². The maximum Gasteiger partial charge on any atom is 0.251 e. The Morgan fingerprint density at radius 1 is 1.15 bits per heavy atom. The van der Waals surface area contributed by atoms with Crippen molar-refractivity contribution >= 4 is 11.8 Å². The smallest absolute Gasteiger partial charge is 0.251 e. The maximum atomic E-state index is 12.7. The molecule has 2 aliphatic rings. The predicted octanol–water partition coefficient (Wildman–Crippen LogP) is 3.00. The topological polar surface area (TPSA) is 58.6 Å². The van der Waals surface area contributed by atoms with Crippen molar-refractivity contribution in [3.8, 4) is 0 Å². The lowest BCUT2D eigenvalue weighted by Crippen LogP contribution is -2.57. The number of hydrogen-bond acceptors (Lipinski definition) is 3. The summed E-state index contributed by atoms with van der Waals surface area (Å²) in [5.41, 5.74) is 0.379. The summed E-state index contributed by atoms with van der Waals surface area (Å²) in [5.74, 6) is 0.495. The van der Waals surface area contributed by atoms with Crippen molar-refractivity contribution in [2.24, 2.45) is 5.92 Å². The van der Waals surface area contributed by atoms with Crippen LogP contribution in [0.1, 0.15) is 55.3 Å². The molecule has 1 saturated carbocycles. The SMILES string of the molecule is COCCC1(NC(=O)c2ccccc2)CCN(C(=O)C2CCCC2)CC1. The van der Waals surface area contributed by atoms with Crippen LogP contribution in [-0.4, -0.2) is 49.1 Å². The number of ether oxygens (including phenoxy) is 1. The molecular weight excluding hydrogens is 328 g/mol. The van der Waals surface area contributed by atoms with Crippen LogP contribution in [0.4, 0.5) is 0 Å². The van der Waals surface area contributed by atoms with Crippen LogP contribution < -0.4 is 5.32 Å². The molecule has 0 radical (unpaired) electrons. The monoisotopic (exact) mass is 358 g/mol. The Kier molecular flexibility index (Phi) is 6.30. The molecule has 3 rings (SSSR count). The molecule has 0 spiro atoms. The van der Waals surface area contributed by atoms with Crippen LogP contribution >= 0.6 is 0 Å². The van der Waals surface area contributed by atoms with Crippen molar-refractivity contribution in [1.29, 1.82) is 0 Å². The number of benzene rings is 1. The molecule has 142 valence electrons. The molecule has 0 aromatic heterocycles. The Balaban J connectivity index is 1.63. The van der Waals surface area contributed by atoms with E-state index in [1.807, 2.05) is 35.2 Å². The number of hydrogen-bond donors (Lipinski definition) is 1. The summed E-state index contributed by atoms with van der Waals surface area (Å²) in [7, 11) is 1.69. The predicted molar refractivity (Wildman–Crippen MR) is 101 cm³/mol. The van der Waals surface area contributed by atoms with Crippen molar-refractivity contribution in [3.63, 3.8) is 0 Å². The second kappa shape index (κ2) is 8.67. The number of amides is 2. The van der Waals surface area contributed by atoms with E-state index in [0.717, 1.165) is 32.1 Å². The van der Waals surface area contributed by atoms with Gasteiger partial charge in [0.1, 0.15) is 0 Å². The van der Waals surface area contributed by atoms with E-state index in [4.69, 9.17) is 4.74 Å². The van der Waals surface area contributed by atoms with E-state index in [1.165, 1.54) is 12.8 Å². The average Bonchev–Trinajstić information content (AvgIpc) is 3.22. The third kappa shape index (κ3) is 4.44. The maximum absolute atomic E-state index is 12.7. The number of carbonyl (C=O) groups excluding carboxylic acids is 2. The molecular formula is C21H30N2O3. The first-order valence-corrected chi connectivity index (χ1v) is 9.79. The normalized spacial score (nSPS) is 20.1. The van der Waals surface area contributed by atoms with Gasteiger partial charge in [0.05, 0.1) is 0 Å². The van der Waals surface area contributed by atoms with Crippen LogP contribution in [0.3, 0.4) is 0 Å². The molecule has 0 atom stereocenters. The average molecular weight is 358 g/mol. The molecule has 5 nitrogen and oxygen atoms in total. The number of nitrogens with one attached hydrogen (secondary N) is 1. The van der Waals surface area contributed by atoms with Gasteiger partial charge < -0.3 is 15.0 Å². The molecule has 2 fully saturated rings. The van der Waals surface area contributed by atoms with Gasteiger partial charge in [-0.2, -0.15) is 0 Å². The van der Waals surface area contributed by atoms with E-state index in [-0.39, 0.29) is 17.4 Å². The Morgan fingerprint density at radius 2 is 1.81 bits per heavy atom. The first kappa shape index (κ1) is 18.9. The second-order valence-electron chi connectivity index (χ2n) is 7.65. The molecule has 1 aliphatic heterocycles. The number of methoxy groups -OCH3 is 1. The number of carbonyl (C=O) groups is 2. The van der Waals surface area contributed by atoms with Crippen LogP contribution in [0.5, 0.6) is 0 Å². The summed E-state index contributed by atoms with van der Waals surface area (Å²) in [4.78, 5) is 27.4. The Morgan fingerprint density at radius 3 is 2.42 bits per heavy atom. The van der Waals surface area contributed by atoms with Crippen LogP contribution in [0.25, 0.3) is 0 Å². The lowest BCUT2D eigenvalue weighted by Gasteiger charge is -2.43. The lowest BCUT2D eigenvalue weighted by molar-refractivity contribution is -0.137. The van der Waals surface area contributed by atoms with E-state index in [2.05, 4.69) is 5.32 Å². The zero-order chi connectivity index (χ0) is 18.4. The van der Waals surface area contributed by atoms with Crippen LogP contribution in [0.15, 0.2) is 30.3 Å². The minimum absolute atomic E-state index is 0.0442. The highest BCUT2D eigenvalue weighted by molar-refractivity contribution is 5.94. The Labute approximate surface area is 156 Å². The summed E-state index contributed by atoms with van der Waals surface area (Å²) in [6, 6.07) is 9.32. The first-order valence-electron chi connectivity index (χ1n) is 9.79. The highest BCUT2D eigenvalue weighted by atomic mass is 16.5. The molecule has 1 saturated heterocycles. The summed E-state index contributed by atoms with van der Waals surface area (Å²) in [6.07, 6.45) is 6.77. The Bertz CT molecular complexity index is 603. The summed E-state index contributed by atoms with van der Waals surface area (Å²) < 4.78 is 5.28. The van der Waals surface area contributed by atoms with Crippen LogP contribution in [0, 0.1) is 5.92 Å². The highest BCUT2D eigenvalue weighted by Gasteiger charge is 2.38. The van der Waals surface area contributed by atoms with Gasteiger partial charge in [0.25, 0.3) is 5.91 Å². The van der Waals surface area contributed by atoms with Gasteiger partial charge in [0.2, 0.25) is 5.91 Å². The van der Waals surface area contributed by atoms with Crippen molar-refractivity contribution in [2.75, 3.05) is 26.8 Å². The fourth-order valence-corrected chi connectivity index (χ4v) is 4.22. The molecule has 1 aliphatic carbocycles. The third-order valence-corrected chi connectivity index (χ3v) is 5.94. The van der Waals surface area contributed by atoms with Gasteiger partial charge in [0.15, 0.2) is 0 Å². The van der Waals surface area contributed by atoms with Gasteiger partial charge in [-0.15, -0.1) is 0 Å². The highest BCUT2D eigenvalue weighted by Crippen LogP contribution is 2.31. The molecule has 0 unspecified atom stereocenters. The van der Waals surface area contributed by atoms with Crippen LogP contribution in [0.2, 0.25) is 0 Å². The Hall–Kier alpha value is -1.88. The zero-order valence-electron chi connectivity index (χ0n) is 15.7. The quantitative estimate of drug-likeness (QED) is 0.850. The van der Waals surface area contributed by atoms with E-state index in [0.29, 0.717) is 31.2 Å². The fraction of sp³-hybridized carbons (Fsp3) is 0.619. The molecule has 1 aromatic rings. The third-order valence-electron chi connectivity index (χ3n) is 5.94. The van der Waals surface area contributed by atoms with Crippen LogP contribution in [-0.2, 0) is 9.53 Å². The summed E-state index contributed by atoms with van der Waals surface area (Å²) >= 11 is 0. The summed E-state index contributed by atoms with van der Waals surface area (Å²) in [5, 5.41) is 3.26. The van der Waals surface area contributed by atoms with E-state index in [1.54, 1.807) is 7.11 Å². The molecule has 1 N–H and O–H groups in total. The molecule has 26 heavy (non-hydrogen) atoms. The minimum atomic E-state index is -0.296. The molecule has 5 heteroatoms. The van der Waals surface area contributed by atoms with Gasteiger partial charge in [0, 0.05) is 43.8 Å². The first-order chi connectivity index (χ1) is 12.6. The standard InChI is InChI=1S/C21H30N2O3/c1-26-16-13-21(22-19(24)17-7-3-2-4-8-17)11-14-23(15-12-21)20(25)18-9-5-6-10-18/h2-4,7-8,18H,5-6,9-16H2,1H3,(H,22,24). The van der Waals surface area contributed by atoms with E-state index >= 15 is 0 Å². The largest absolute Gasteiger partial charge is 0.385 e. The number of nitrogens with zero attached hydrogens (tertiary/aromatic N) is 1. The number of rotatable bonds is 6. The van der Waals surface area contributed by atoms with Crippen molar-refractivity contribution in [3.05, 3.63) is 35.9 Å². The van der Waals surface area contributed by atoms with Gasteiger partial charge in [-0.3, -0.25) is 9.59 Å².